The molecule has 0 saturated heterocycles. The molecule has 5 heteroatoms. The van der Waals surface area contributed by atoms with Crippen molar-refractivity contribution < 1.29 is 9.53 Å². The van der Waals surface area contributed by atoms with Crippen LogP contribution in [0.4, 0.5) is 11.4 Å². The average Bonchev–Trinajstić information content (AvgIpc) is 2.60. The van der Waals surface area contributed by atoms with Gasteiger partial charge in [-0.25, -0.2) is 0 Å². The van der Waals surface area contributed by atoms with E-state index in [1.165, 1.54) is 0 Å². The Balaban J connectivity index is 2.14. The monoisotopic (exact) mass is 355 g/mol. The number of ketones is 1. The molecule has 0 heterocycles. The zero-order chi connectivity index (χ0) is 19.3. The van der Waals surface area contributed by atoms with Gasteiger partial charge in [-0.3, -0.25) is 9.69 Å². The zero-order valence-electron chi connectivity index (χ0n) is 16.0. The zero-order valence-corrected chi connectivity index (χ0v) is 16.0. The second-order valence-electron chi connectivity index (χ2n) is 6.94. The summed E-state index contributed by atoms with van der Waals surface area (Å²) in [6.45, 7) is 10.00. The minimum Gasteiger partial charge on any atom is -0.491 e. The number of anilines is 2. The number of para-hydroxylation sites is 1. The van der Waals surface area contributed by atoms with Gasteiger partial charge in [0.2, 0.25) is 0 Å². The molecule has 0 atom stereocenters. The maximum atomic E-state index is 12.9. The van der Waals surface area contributed by atoms with Crippen molar-refractivity contribution in [2.45, 2.75) is 39.8 Å². The molecule has 0 aliphatic carbocycles. The molecule has 2 aromatic carbocycles. The van der Waals surface area contributed by atoms with Gasteiger partial charge >= 0.3 is 0 Å². The summed E-state index contributed by atoms with van der Waals surface area (Å²) in [7, 11) is 0. The lowest BCUT2D eigenvalue weighted by Gasteiger charge is -2.30. The molecule has 0 radical (unpaired) electrons. The van der Waals surface area contributed by atoms with Crippen LogP contribution in [0.15, 0.2) is 42.5 Å². The fourth-order valence-electron chi connectivity index (χ4n) is 3.03. The highest BCUT2D eigenvalue weighted by Gasteiger charge is 2.17. The minimum atomic E-state index is -0.128. The van der Waals surface area contributed by atoms with Crippen LogP contribution in [0.5, 0.6) is 5.75 Å². The molecule has 26 heavy (non-hydrogen) atoms. The third-order valence-electron chi connectivity index (χ3n) is 4.41. The van der Waals surface area contributed by atoms with Crippen molar-refractivity contribution in [1.29, 1.82) is 0 Å². The van der Waals surface area contributed by atoms with Crippen molar-refractivity contribution in [3.8, 4) is 5.75 Å². The van der Waals surface area contributed by atoms with Crippen LogP contribution in [0, 0.1) is 0 Å². The van der Waals surface area contributed by atoms with Crippen LogP contribution in [0.2, 0.25) is 0 Å². The van der Waals surface area contributed by atoms with E-state index in [0.29, 0.717) is 46.9 Å². The number of nitrogens with zero attached hydrogens (tertiary/aromatic N) is 1. The van der Waals surface area contributed by atoms with Crippen LogP contribution in [-0.2, 0) is 0 Å². The molecule has 2 aromatic rings. The van der Waals surface area contributed by atoms with Gasteiger partial charge in [0.25, 0.3) is 0 Å². The normalized spacial score (nSPS) is 11.3. The first-order valence-electron chi connectivity index (χ1n) is 8.98. The van der Waals surface area contributed by atoms with Gasteiger partial charge in [-0.2, -0.15) is 0 Å². The van der Waals surface area contributed by atoms with E-state index in [1.54, 1.807) is 24.3 Å². The number of hydrogen-bond donors (Lipinski definition) is 2. The summed E-state index contributed by atoms with van der Waals surface area (Å²) < 4.78 is 5.95. The first kappa shape index (κ1) is 19.8. The molecule has 0 aromatic heterocycles. The molecule has 0 spiro atoms. The molecule has 0 aliphatic rings. The standard InChI is InChI=1S/C21H29N3O2/c1-14(2)24(15(3)4)11-12-26-20-8-6-5-7-17(20)21(25)16-9-10-18(22)19(23)13-16/h5-10,13-15H,11-12,22-23H2,1-4H3. The molecule has 0 aliphatic heterocycles. The molecule has 2 rings (SSSR count). The molecule has 0 bridgehead atoms. The van der Waals surface area contributed by atoms with Gasteiger partial charge in [-0.05, 0) is 58.0 Å². The lowest BCUT2D eigenvalue weighted by atomic mass is 10.0. The van der Waals surface area contributed by atoms with Gasteiger partial charge in [-0.15, -0.1) is 0 Å². The van der Waals surface area contributed by atoms with Gasteiger partial charge in [0.1, 0.15) is 12.4 Å². The Labute approximate surface area is 155 Å². The highest BCUT2D eigenvalue weighted by atomic mass is 16.5. The van der Waals surface area contributed by atoms with E-state index in [2.05, 4.69) is 32.6 Å². The Hall–Kier alpha value is -2.53. The minimum absolute atomic E-state index is 0.128. The third-order valence-corrected chi connectivity index (χ3v) is 4.41. The number of benzene rings is 2. The van der Waals surface area contributed by atoms with Crippen molar-refractivity contribution >= 4 is 17.2 Å². The van der Waals surface area contributed by atoms with Crippen molar-refractivity contribution in [2.75, 3.05) is 24.6 Å². The second kappa shape index (κ2) is 8.72. The van der Waals surface area contributed by atoms with E-state index in [0.717, 1.165) is 6.54 Å². The van der Waals surface area contributed by atoms with Crippen molar-refractivity contribution in [3.63, 3.8) is 0 Å². The molecule has 0 saturated carbocycles. The van der Waals surface area contributed by atoms with Crippen LogP contribution in [0.3, 0.4) is 0 Å². The molecule has 5 nitrogen and oxygen atoms in total. The van der Waals surface area contributed by atoms with Crippen LogP contribution >= 0.6 is 0 Å². The number of carbonyl (C=O) groups excluding carboxylic acids is 1. The SMILES string of the molecule is CC(C)N(CCOc1ccccc1C(=O)c1ccc(N)c(N)c1)C(C)C. The topological polar surface area (TPSA) is 81.6 Å². The van der Waals surface area contributed by atoms with Crippen LogP contribution in [0.1, 0.15) is 43.6 Å². The third kappa shape index (κ3) is 4.76. The predicted molar refractivity (Wildman–Crippen MR) is 108 cm³/mol. The van der Waals surface area contributed by atoms with Gasteiger partial charge in [0.05, 0.1) is 16.9 Å². The quantitative estimate of drug-likeness (QED) is 0.559. The second-order valence-corrected chi connectivity index (χ2v) is 6.94. The van der Waals surface area contributed by atoms with Gasteiger partial charge in [0.15, 0.2) is 5.78 Å². The average molecular weight is 355 g/mol. The number of rotatable bonds is 8. The summed E-state index contributed by atoms with van der Waals surface area (Å²) in [5.41, 5.74) is 13.5. The van der Waals surface area contributed by atoms with Crippen molar-refractivity contribution in [1.82, 2.24) is 4.90 Å². The predicted octanol–water partition coefficient (Wildman–Crippen LogP) is 3.58. The van der Waals surface area contributed by atoms with E-state index >= 15 is 0 Å². The Kier molecular flexibility index (Phi) is 6.64. The van der Waals surface area contributed by atoms with E-state index in [1.807, 2.05) is 18.2 Å². The molecule has 0 fully saturated rings. The molecular formula is C21H29N3O2. The van der Waals surface area contributed by atoms with Crippen molar-refractivity contribution in [2.24, 2.45) is 0 Å². The molecule has 140 valence electrons. The van der Waals surface area contributed by atoms with E-state index < -0.39 is 0 Å². The largest absolute Gasteiger partial charge is 0.491 e. The van der Waals surface area contributed by atoms with E-state index in [4.69, 9.17) is 16.2 Å². The number of carbonyl (C=O) groups is 1. The molecule has 0 unspecified atom stereocenters. The number of ether oxygens (including phenoxy) is 1. The number of nitrogens with two attached hydrogens (primary N) is 2. The lowest BCUT2D eigenvalue weighted by Crippen LogP contribution is -2.39. The lowest BCUT2D eigenvalue weighted by molar-refractivity contribution is 0.103. The Morgan fingerprint density at radius 1 is 1.00 bits per heavy atom. The van der Waals surface area contributed by atoms with Gasteiger partial charge < -0.3 is 16.2 Å². The van der Waals surface area contributed by atoms with E-state index in [-0.39, 0.29) is 5.78 Å². The van der Waals surface area contributed by atoms with E-state index in [9.17, 15) is 4.79 Å². The Bertz CT molecular complexity index is 749. The summed E-state index contributed by atoms with van der Waals surface area (Å²) >= 11 is 0. The first-order valence-corrected chi connectivity index (χ1v) is 8.98. The molecule has 0 amide bonds. The summed E-state index contributed by atoms with van der Waals surface area (Å²) in [6.07, 6.45) is 0. The maximum absolute atomic E-state index is 12.9. The fraction of sp³-hybridized carbons (Fsp3) is 0.381. The molecule has 4 N–H and O–H groups in total. The van der Waals surface area contributed by atoms with Gasteiger partial charge in [0, 0.05) is 24.2 Å². The maximum Gasteiger partial charge on any atom is 0.196 e. The van der Waals surface area contributed by atoms with Crippen LogP contribution < -0.4 is 16.2 Å². The molecular weight excluding hydrogens is 326 g/mol. The summed E-state index contributed by atoms with van der Waals surface area (Å²) in [5.74, 6) is 0.456. The van der Waals surface area contributed by atoms with Crippen LogP contribution in [-0.4, -0.2) is 35.9 Å². The summed E-state index contributed by atoms with van der Waals surface area (Å²) in [6, 6.07) is 13.1. The number of nitrogen functional groups attached to an aromatic ring is 2. The summed E-state index contributed by atoms with van der Waals surface area (Å²) in [5, 5.41) is 0. The summed E-state index contributed by atoms with van der Waals surface area (Å²) in [4.78, 5) is 15.2. The van der Waals surface area contributed by atoms with Crippen molar-refractivity contribution in [3.05, 3.63) is 53.6 Å². The Morgan fingerprint density at radius 2 is 1.65 bits per heavy atom. The highest BCUT2D eigenvalue weighted by Crippen LogP contribution is 2.24. The Morgan fingerprint density at radius 3 is 2.27 bits per heavy atom. The number of hydrogen-bond acceptors (Lipinski definition) is 5. The van der Waals surface area contributed by atoms with Crippen LogP contribution in [0.25, 0.3) is 0 Å². The highest BCUT2D eigenvalue weighted by molar-refractivity contribution is 6.11. The first-order chi connectivity index (χ1) is 12.3. The fourth-order valence-corrected chi connectivity index (χ4v) is 3.03. The smallest absolute Gasteiger partial charge is 0.196 e. The van der Waals surface area contributed by atoms with Gasteiger partial charge in [-0.1, -0.05) is 12.1 Å².